The Labute approximate surface area is 155 Å². The molecule has 3 amide bonds. The highest BCUT2D eigenvalue weighted by Crippen LogP contribution is 2.20. The van der Waals surface area contributed by atoms with Crippen molar-refractivity contribution in [1.29, 1.82) is 5.26 Å². The number of imide groups is 1. The molecule has 0 aromatic rings. The molecule has 1 atom stereocenters. The number of hydrogen-bond acceptors (Lipinski definition) is 5. The van der Waals surface area contributed by atoms with Crippen molar-refractivity contribution in [3.8, 4) is 6.07 Å². The van der Waals surface area contributed by atoms with Gasteiger partial charge in [0.15, 0.2) is 0 Å². The molecule has 3 aliphatic heterocycles. The molecule has 26 heavy (non-hydrogen) atoms. The number of rotatable bonds is 2. The lowest BCUT2D eigenvalue weighted by Gasteiger charge is -2.40. The first kappa shape index (κ1) is 18.8. The van der Waals surface area contributed by atoms with Gasteiger partial charge in [-0.15, -0.1) is 0 Å². The molecule has 8 heteroatoms. The first-order valence-corrected chi connectivity index (χ1v) is 9.43. The average molecular weight is 361 g/mol. The third-order valence-electron chi connectivity index (χ3n) is 6.00. The minimum Gasteiger partial charge on any atom is -0.306 e. The van der Waals surface area contributed by atoms with Crippen LogP contribution in [0.25, 0.3) is 0 Å². The van der Waals surface area contributed by atoms with E-state index in [1.54, 1.807) is 7.05 Å². The van der Waals surface area contributed by atoms with Crippen molar-refractivity contribution < 1.29 is 14.6 Å². The smallest absolute Gasteiger partial charge is 0.306 e. The van der Waals surface area contributed by atoms with Gasteiger partial charge < -0.3 is 4.90 Å². The summed E-state index contributed by atoms with van der Waals surface area (Å²) in [6.07, 6.45) is 4.36. The van der Waals surface area contributed by atoms with Crippen molar-refractivity contribution in [3.05, 3.63) is 0 Å². The second kappa shape index (κ2) is 7.72. The molecule has 1 unspecified atom stereocenters. The van der Waals surface area contributed by atoms with E-state index in [0.717, 1.165) is 43.9 Å². The molecule has 3 rings (SSSR count). The van der Waals surface area contributed by atoms with Gasteiger partial charge in [-0.1, -0.05) is 0 Å². The number of piperidine rings is 2. The molecule has 0 aromatic heterocycles. The number of amides is 3. The van der Waals surface area contributed by atoms with Gasteiger partial charge >= 0.3 is 6.03 Å². The zero-order chi connectivity index (χ0) is 18.8. The number of urea groups is 1. The van der Waals surface area contributed by atoms with Gasteiger partial charge in [0.25, 0.3) is 11.7 Å². The first-order valence-electron chi connectivity index (χ1n) is 9.43. The van der Waals surface area contributed by atoms with Crippen LogP contribution in [0.4, 0.5) is 4.79 Å². The van der Waals surface area contributed by atoms with Crippen LogP contribution >= 0.6 is 0 Å². The number of carbonyl (C=O) groups excluding carboxylic acids is 2. The second-order valence-electron chi connectivity index (χ2n) is 7.68. The zero-order valence-electron chi connectivity index (χ0n) is 15.9. The van der Waals surface area contributed by atoms with Gasteiger partial charge in [-0.2, -0.15) is 10.2 Å². The average Bonchev–Trinajstić information content (AvgIpc) is 2.66. The molecule has 3 aliphatic rings. The molecule has 0 aromatic carbocycles. The topological polar surface area (TPSA) is 84.9 Å². The summed E-state index contributed by atoms with van der Waals surface area (Å²) in [7, 11) is 5.21. The number of carbonyl (C=O) groups is 2. The molecule has 8 nitrogen and oxygen atoms in total. The number of likely N-dealkylation sites (tertiary alicyclic amines) is 2. The molecule has 3 fully saturated rings. The Kier molecular flexibility index (Phi) is 5.58. The summed E-state index contributed by atoms with van der Waals surface area (Å²) >= 11 is 0. The van der Waals surface area contributed by atoms with Crippen LogP contribution in [0, 0.1) is 17.2 Å². The third-order valence-corrected chi connectivity index (χ3v) is 6.00. The molecule has 1 N–H and O–H groups in total. The highest BCUT2D eigenvalue weighted by molar-refractivity contribution is 6.17. The largest absolute Gasteiger partial charge is 0.417 e. The second-order valence-corrected chi connectivity index (χ2v) is 7.68. The van der Waals surface area contributed by atoms with Crippen LogP contribution < -0.4 is 4.99 Å². The number of nitriles is 1. The zero-order valence-corrected chi connectivity index (χ0v) is 15.9. The summed E-state index contributed by atoms with van der Waals surface area (Å²) in [5, 5.41) is 9.41. The van der Waals surface area contributed by atoms with E-state index < -0.39 is 17.9 Å². The van der Waals surface area contributed by atoms with Gasteiger partial charge in [0, 0.05) is 39.0 Å². The lowest BCUT2D eigenvalue weighted by Crippen LogP contribution is -2.86. The first-order chi connectivity index (χ1) is 12.4. The van der Waals surface area contributed by atoms with Crippen LogP contribution in [0.5, 0.6) is 0 Å². The Morgan fingerprint density at radius 3 is 2.15 bits per heavy atom. The van der Waals surface area contributed by atoms with Crippen LogP contribution in [-0.2, 0) is 4.79 Å². The molecule has 142 valence electrons. The van der Waals surface area contributed by atoms with Crippen molar-refractivity contribution in [2.24, 2.45) is 5.92 Å². The summed E-state index contributed by atoms with van der Waals surface area (Å²) in [5.74, 6) is -0.963. The van der Waals surface area contributed by atoms with Gasteiger partial charge in [-0.05, 0) is 33.0 Å². The lowest BCUT2D eigenvalue weighted by molar-refractivity contribution is -0.514. The van der Waals surface area contributed by atoms with E-state index >= 15 is 0 Å². The highest BCUT2D eigenvalue weighted by Gasteiger charge is 2.47. The molecule has 0 saturated carbocycles. The van der Waals surface area contributed by atoms with E-state index in [9.17, 15) is 14.9 Å². The van der Waals surface area contributed by atoms with Crippen molar-refractivity contribution in [1.82, 2.24) is 19.6 Å². The van der Waals surface area contributed by atoms with Crippen LogP contribution in [0.1, 0.15) is 25.7 Å². The molecular formula is C18H29N6O2+. The fourth-order valence-electron chi connectivity index (χ4n) is 4.20. The maximum Gasteiger partial charge on any atom is 0.417 e. The van der Waals surface area contributed by atoms with E-state index in [-0.39, 0.29) is 6.04 Å². The molecule has 0 radical (unpaired) electrons. The maximum atomic E-state index is 12.2. The number of amidine groups is 1. The van der Waals surface area contributed by atoms with Crippen LogP contribution in [-0.4, -0.2) is 96.8 Å². The minimum atomic E-state index is -0.936. The predicted octanol–water partition coefficient (Wildman–Crippen LogP) is -1.31. The molecule has 3 saturated heterocycles. The summed E-state index contributed by atoms with van der Waals surface area (Å²) in [4.78, 5) is 35.1. The van der Waals surface area contributed by atoms with Gasteiger partial charge in [-0.25, -0.2) is 9.69 Å². The van der Waals surface area contributed by atoms with Crippen molar-refractivity contribution >= 4 is 17.8 Å². The summed E-state index contributed by atoms with van der Waals surface area (Å²) in [6.45, 7) is 4.35. The molecular weight excluding hydrogens is 332 g/mol. The standard InChI is InChI=1S/C18H28N6O2/c1-21-8-6-14(7-9-21)24-10-4-13(5-11-24)20-16-15(12-19)17(25)23(3)18(26)22(16)2/h13-15H,4-11H2,1-3H3/p+1. The highest BCUT2D eigenvalue weighted by atomic mass is 16.2. The molecule has 0 aliphatic carbocycles. The normalized spacial score (nSPS) is 29.5. The van der Waals surface area contributed by atoms with Gasteiger partial charge in [0.05, 0.1) is 19.2 Å². The summed E-state index contributed by atoms with van der Waals surface area (Å²) in [5.41, 5.74) is 0. The molecule has 0 bridgehead atoms. The van der Waals surface area contributed by atoms with Gasteiger partial charge in [0.2, 0.25) is 5.92 Å². The van der Waals surface area contributed by atoms with E-state index in [0.29, 0.717) is 11.9 Å². The SMILES string of the molecule is CN1CCC(N2CCC([NH+]=C3C(C#N)C(=O)N(C)C(=O)N3C)CC2)CC1. The van der Waals surface area contributed by atoms with Gasteiger partial charge in [0.1, 0.15) is 0 Å². The Morgan fingerprint density at radius 2 is 1.58 bits per heavy atom. The number of nitrogens with zero attached hydrogens (tertiary/aromatic N) is 5. The number of nitrogens with one attached hydrogen (secondary N) is 1. The van der Waals surface area contributed by atoms with E-state index in [1.807, 2.05) is 6.07 Å². The van der Waals surface area contributed by atoms with Crippen molar-refractivity contribution in [2.45, 2.75) is 37.8 Å². The third kappa shape index (κ3) is 3.60. The van der Waals surface area contributed by atoms with E-state index in [2.05, 4.69) is 21.8 Å². The quantitative estimate of drug-likeness (QED) is 0.660. The fraction of sp³-hybridized carbons (Fsp3) is 0.778. The Balaban J connectivity index is 1.64. The van der Waals surface area contributed by atoms with Crippen LogP contribution in [0.2, 0.25) is 0 Å². The van der Waals surface area contributed by atoms with E-state index in [4.69, 9.17) is 0 Å². The van der Waals surface area contributed by atoms with Crippen LogP contribution in [0.15, 0.2) is 0 Å². The van der Waals surface area contributed by atoms with E-state index in [1.165, 1.54) is 24.8 Å². The van der Waals surface area contributed by atoms with Crippen LogP contribution in [0.3, 0.4) is 0 Å². The van der Waals surface area contributed by atoms with Crippen molar-refractivity contribution in [3.63, 3.8) is 0 Å². The lowest BCUT2D eigenvalue weighted by atomic mass is 9.98. The molecule has 0 spiro atoms. The maximum absolute atomic E-state index is 12.2. The number of hydrogen-bond donors (Lipinski definition) is 1. The molecule has 3 heterocycles. The van der Waals surface area contributed by atoms with Gasteiger partial charge in [-0.3, -0.25) is 14.7 Å². The summed E-state index contributed by atoms with van der Waals surface area (Å²) < 4.78 is 0. The minimum absolute atomic E-state index is 0.190. The Bertz CT molecular complexity index is 626. The van der Waals surface area contributed by atoms with Crippen molar-refractivity contribution in [2.75, 3.05) is 47.3 Å². The predicted molar refractivity (Wildman–Crippen MR) is 96.1 cm³/mol. The Hall–Kier alpha value is -1.98. The Morgan fingerprint density at radius 1 is 0.962 bits per heavy atom. The fourth-order valence-corrected chi connectivity index (χ4v) is 4.20. The summed E-state index contributed by atoms with van der Waals surface area (Å²) in [6, 6.07) is 2.50. The monoisotopic (exact) mass is 361 g/mol.